The summed E-state index contributed by atoms with van der Waals surface area (Å²) in [6, 6.07) is 5.80. The number of aromatic amines is 1. The second kappa shape index (κ2) is 10.7. The number of hydrogen-bond donors (Lipinski definition) is 2. The molecular formula is C25H25ClF2N6O4. The number of amides is 1. The minimum absolute atomic E-state index is 0.0316. The smallest absolute Gasteiger partial charge is 0.413 e. The first kappa shape index (κ1) is 27.0. The van der Waals surface area contributed by atoms with Gasteiger partial charge >= 0.3 is 12.7 Å². The molecule has 10 nitrogen and oxygen atoms in total. The van der Waals surface area contributed by atoms with E-state index in [0.717, 1.165) is 0 Å². The molecule has 0 aliphatic heterocycles. The van der Waals surface area contributed by atoms with Crippen molar-refractivity contribution in [2.75, 3.05) is 5.32 Å². The van der Waals surface area contributed by atoms with Gasteiger partial charge in [0.25, 0.3) is 0 Å². The van der Waals surface area contributed by atoms with Crippen molar-refractivity contribution in [1.82, 2.24) is 24.8 Å². The van der Waals surface area contributed by atoms with Gasteiger partial charge in [-0.25, -0.2) is 14.3 Å². The molecule has 0 aliphatic carbocycles. The van der Waals surface area contributed by atoms with E-state index < -0.39 is 30.0 Å². The Balaban J connectivity index is 1.79. The summed E-state index contributed by atoms with van der Waals surface area (Å²) in [5.41, 5.74) is 0.411. The Labute approximate surface area is 221 Å². The van der Waals surface area contributed by atoms with Gasteiger partial charge in [0.2, 0.25) is 0 Å². The van der Waals surface area contributed by atoms with Crippen molar-refractivity contribution >= 4 is 34.9 Å². The van der Waals surface area contributed by atoms with Gasteiger partial charge in [-0.3, -0.25) is 15.2 Å². The fourth-order valence-electron chi connectivity index (χ4n) is 3.99. The molecule has 2 N–H and O–H groups in total. The minimum atomic E-state index is -3.07. The zero-order valence-corrected chi connectivity index (χ0v) is 21.7. The van der Waals surface area contributed by atoms with Crippen LogP contribution in [0.25, 0.3) is 16.9 Å². The van der Waals surface area contributed by atoms with Crippen LogP contribution in [0, 0.1) is 0 Å². The van der Waals surface area contributed by atoms with Crippen LogP contribution in [0.15, 0.2) is 42.9 Å². The standard InChI is InChI=1S/C25H25ClF2N6O4/c1-5-14(16-12-30-32-19(16)15-11-13(26)7-8-17(15)37-23(27)28)20(35)18-21(31-24(36)38-25(2,3)4)33-34-10-6-9-29-22(18)34/h6-12,14,23H,5H2,1-4H3,(H,30,32)(H,31,33,36). The van der Waals surface area contributed by atoms with E-state index in [4.69, 9.17) is 16.3 Å². The third kappa shape index (κ3) is 5.75. The van der Waals surface area contributed by atoms with E-state index in [2.05, 4.69) is 30.3 Å². The van der Waals surface area contributed by atoms with Crippen molar-refractivity contribution in [2.45, 2.75) is 52.2 Å². The van der Waals surface area contributed by atoms with Crippen LogP contribution >= 0.6 is 11.6 Å². The SMILES string of the molecule is CCC(C(=O)c1c(NC(=O)OC(C)(C)C)nn2cccnc12)c1cn[nH]c1-c1cc(Cl)ccc1OC(F)F. The number of alkyl halides is 2. The lowest BCUT2D eigenvalue weighted by atomic mass is 9.87. The van der Waals surface area contributed by atoms with Crippen LogP contribution < -0.4 is 10.1 Å². The molecule has 0 aliphatic rings. The monoisotopic (exact) mass is 546 g/mol. The molecular weight excluding hydrogens is 522 g/mol. The molecule has 3 aromatic heterocycles. The molecule has 4 rings (SSSR count). The molecule has 0 spiro atoms. The molecule has 13 heteroatoms. The average Bonchev–Trinajstić information content (AvgIpc) is 3.43. The van der Waals surface area contributed by atoms with E-state index in [1.165, 1.54) is 35.1 Å². The van der Waals surface area contributed by atoms with E-state index in [1.807, 2.05) is 0 Å². The number of H-pyrrole nitrogens is 1. The molecule has 4 aromatic rings. The summed E-state index contributed by atoms with van der Waals surface area (Å²) in [5.74, 6) is -1.41. The Morgan fingerprint density at radius 3 is 2.71 bits per heavy atom. The molecule has 1 unspecified atom stereocenters. The highest BCUT2D eigenvalue weighted by molar-refractivity contribution is 6.31. The molecule has 0 bridgehead atoms. The summed E-state index contributed by atoms with van der Waals surface area (Å²) >= 11 is 6.14. The minimum Gasteiger partial charge on any atom is -0.444 e. The summed E-state index contributed by atoms with van der Waals surface area (Å²) in [4.78, 5) is 30.9. The second-order valence-corrected chi connectivity index (χ2v) is 9.72. The van der Waals surface area contributed by atoms with Crippen molar-refractivity contribution in [3.8, 4) is 17.0 Å². The maximum Gasteiger partial charge on any atom is 0.413 e. The molecule has 38 heavy (non-hydrogen) atoms. The molecule has 1 amide bonds. The summed E-state index contributed by atoms with van der Waals surface area (Å²) in [6.07, 6.45) is 4.03. The quantitative estimate of drug-likeness (QED) is 0.256. The number of carbonyl (C=O) groups is 2. The number of rotatable bonds is 8. The predicted molar refractivity (Wildman–Crippen MR) is 136 cm³/mol. The van der Waals surface area contributed by atoms with Gasteiger partial charge in [0.05, 0.1) is 17.8 Å². The van der Waals surface area contributed by atoms with Crippen LogP contribution in [0.2, 0.25) is 5.02 Å². The first-order valence-electron chi connectivity index (χ1n) is 11.6. The van der Waals surface area contributed by atoms with E-state index in [-0.39, 0.29) is 39.1 Å². The summed E-state index contributed by atoms with van der Waals surface area (Å²) in [7, 11) is 0. The Morgan fingerprint density at radius 1 is 1.26 bits per heavy atom. The third-order valence-corrected chi connectivity index (χ3v) is 5.69. The zero-order chi connectivity index (χ0) is 27.6. The maximum atomic E-state index is 14.0. The molecule has 200 valence electrons. The maximum absolute atomic E-state index is 14.0. The summed E-state index contributed by atoms with van der Waals surface area (Å²) in [6.45, 7) is 3.84. The topological polar surface area (TPSA) is 124 Å². The van der Waals surface area contributed by atoms with Crippen molar-refractivity contribution in [3.05, 3.63) is 59.0 Å². The average molecular weight is 547 g/mol. The van der Waals surface area contributed by atoms with Crippen molar-refractivity contribution in [3.63, 3.8) is 0 Å². The van der Waals surface area contributed by atoms with Crippen molar-refractivity contribution in [2.24, 2.45) is 0 Å². The van der Waals surface area contributed by atoms with Gasteiger partial charge in [0.1, 0.15) is 16.9 Å². The highest BCUT2D eigenvalue weighted by Gasteiger charge is 2.32. The highest BCUT2D eigenvalue weighted by atomic mass is 35.5. The van der Waals surface area contributed by atoms with Gasteiger partial charge in [-0.1, -0.05) is 18.5 Å². The van der Waals surface area contributed by atoms with Gasteiger partial charge in [-0.2, -0.15) is 13.9 Å². The van der Waals surface area contributed by atoms with E-state index in [9.17, 15) is 18.4 Å². The molecule has 0 fully saturated rings. The number of fused-ring (bicyclic) bond motifs is 1. The number of anilines is 1. The normalized spacial score (nSPS) is 12.5. The number of ether oxygens (including phenoxy) is 2. The number of nitrogens with one attached hydrogen (secondary N) is 2. The van der Waals surface area contributed by atoms with Gasteiger partial charge in [-0.15, -0.1) is 5.10 Å². The highest BCUT2D eigenvalue weighted by Crippen LogP contribution is 2.39. The number of benzene rings is 1. The largest absolute Gasteiger partial charge is 0.444 e. The molecule has 0 saturated heterocycles. The Kier molecular flexibility index (Phi) is 7.63. The first-order valence-corrected chi connectivity index (χ1v) is 12.0. The van der Waals surface area contributed by atoms with Gasteiger partial charge in [0, 0.05) is 28.5 Å². The second-order valence-electron chi connectivity index (χ2n) is 9.28. The van der Waals surface area contributed by atoms with Crippen molar-refractivity contribution in [1.29, 1.82) is 0 Å². The lowest BCUT2D eigenvalue weighted by molar-refractivity contribution is -0.0494. The third-order valence-electron chi connectivity index (χ3n) is 5.46. The predicted octanol–water partition coefficient (Wildman–Crippen LogP) is 6.10. The van der Waals surface area contributed by atoms with Crippen LogP contribution in [0.1, 0.15) is 56.0 Å². The number of carbonyl (C=O) groups excluding carboxylic acids is 2. The van der Waals surface area contributed by atoms with Crippen molar-refractivity contribution < 1.29 is 27.8 Å². The lowest BCUT2D eigenvalue weighted by Crippen LogP contribution is -2.28. The Hall–Kier alpha value is -4.06. The number of nitrogens with zero attached hydrogens (tertiary/aromatic N) is 4. The lowest BCUT2D eigenvalue weighted by Gasteiger charge is -2.19. The molecule has 3 heterocycles. The molecule has 1 atom stereocenters. The number of hydrogen-bond acceptors (Lipinski definition) is 7. The zero-order valence-electron chi connectivity index (χ0n) is 21.0. The Morgan fingerprint density at radius 2 is 2.03 bits per heavy atom. The molecule has 0 radical (unpaired) electrons. The van der Waals surface area contributed by atoms with Crippen LogP contribution in [-0.4, -0.2) is 48.9 Å². The fraction of sp³-hybridized carbons (Fsp3) is 0.320. The van der Waals surface area contributed by atoms with Gasteiger partial charge in [-0.05, 0) is 51.5 Å². The van der Waals surface area contributed by atoms with Gasteiger partial charge in [0.15, 0.2) is 17.2 Å². The van der Waals surface area contributed by atoms with Crippen LogP contribution in [0.4, 0.5) is 19.4 Å². The Bertz CT molecular complexity index is 1480. The van der Waals surface area contributed by atoms with E-state index >= 15 is 0 Å². The van der Waals surface area contributed by atoms with Crippen LogP contribution in [0.5, 0.6) is 5.75 Å². The van der Waals surface area contributed by atoms with Crippen LogP contribution in [0.3, 0.4) is 0 Å². The summed E-state index contributed by atoms with van der Waals surface area (Å²) < 4.78 is 37.5. The molecule has 1 aromatic carbocycles. The van der Waals surface area contributed by atoms with Gasteiger partial charge < -0.3 is 9.47 Å². The number of halogens is 3. The first-order chi connectivity index (χ1) is 18.0. The molecule has 0 saturated carbocycles. The fourth-order valence-corrected chi connectivity index (χ4v) is 4.17. The van der Waals surface area contributed by atoms with E-state index in [1.54, 1.807) is 40.0 Å². The number of aromatic nitrogens is 5. The summed E-state index contributed by atoms with van der Waals surface area (Å²) in [5, 5.41) is 14.0. The number of Topliss-reactive ketones (excluding diaryl/α,β-unsaturated/α-hetero) is 1. The van der Waals surface area contributed by atoms with E-state index in [0.29, 0.717) is 12.0 Å². The number of ketones is 1. The van der Waals surface area contributed by atoms with Crippen LogP contribution in [-0.2, 0) is 4.74 Å².